The monoisotopic (exact) mass is 301 g/mol. The summed E-state index contributed by atoms with van der Waals surface area (Å²) in [4.78, 5) is -0.00717. The summed E-state index contributed by atoms with van der Waals surface area (Å²) >= 11 is 0. The first-order valence-electron chi connectivity index (χ1n) is 6.22. The van der Waals surface area contributed by atoms with Crippen LogP contribution in [-0.2, 0) is 10.0 Å². The Hall–Kier alpha value is -2.52. The fraction of sp³-hybridized carbons (Fsp3) is 0.133. The van der Waals surface area contributed by atoms with E-state index in [9.17, 15) is 8.42 Å². The number of aryl methyl sites for hydroxylation is 1. The fourth-order valence-electron chi connectivity index (χ4n) is 2.05. The van der Waals surface area contributed by atoms with Crippen LogP contribution in [0.1, 0.15) is 11.1 Å². The third kappa shape index (κ3) is 2.69. The Morgan fingerprint density at radius 1 is 1.19 bits per heavy atom. The maximum atomic E-state index is 12.7. The molecule has 2 rings (SSSR count). The van der Waals surface area contributed by atoms with Crippen molar-refractivity contribution in [1.29, 1.82) is 5.26 Å². The number of nitrogens with zero attached hydrogens (tertiary/aromatic N) is 2. The molecule has 6 heteroatoms. The molecule has 21 heavy (non-hydrogen) atoms. The molecule has 0 aliphatic heterocycles. The Labute approximate surface area is 124 Å². The topological polar surface area (TPSA) is 87.2 Å². The van der Waals surface area contributed by atoms with Gasteiger partial charge in [-0.15, -0.1) is 0 Å². The molecular formula is C15H15N3O2S. The normalized spacial score (nSPS) is 10.9. The molecule has 0 aliphatic carbocycles. The molecule has 0 spiro atoms. The second-order valence-electron chi connectivity index (χ2n) is 4.62. The highest BCUT2D eigenvalue weighted by molar-refractivity contribution is 7.93. The summed E-state index contributed by atoms with van der Waals surface area (Å²) in [5.74, 6) is 0. The van der Waals surface area contributed by atoms with E-state index in [1.807, 2.05) is 25.1 Å². The molecule has 108 valence electrons. The smallest absolute Gasteiger partial charge is 0.266 e. The Kier molecular flexibility index (Phi) is 3.87. The van der Waals surface area contributed by atoms with Crippen LogP contribution in [0.5, 0.6) is 0 Å². The van der Waals surface area contributed by atoms with Crippen molar-refractivity contribution < 1.29 is 8.42 Å². The van der Waals surface area contributed by atoms with E-state index in [0.29, 0.717) is 11.3 Å². The minimum Gasteiger partial charge on any atom is -0.398 e. The largest absolute Gasteiger partial charge is 0.398 e. The molecule has 0 bridgehead atoms. The van der Waals surface area contributed by atoms with Gasteiger partial charge in [-0.05, 0) is 36.8 Å². The lowest BCUT2D eigenvalue weighted by molar-refractivity contribution is 0.594. The van der Waals surface area contributed by atoms with Gasteiger partial charge in [-0.1, -0.05) is 18.2 Å². The Balaban J connectivity index is 2.53. The van der Waals surface area contributed by atoms with E-state index >= 15 is 0 Å². The summed E-state index contributed by atoms with van der Waals surface area (Å²) in [6.45, 7) is 1.84. The third-order valence-corrected chi connectivity index (χ3v) is 5.08. The molecule has 0 amide bonds. The molecule has 0 atom stereocenters. The predicted molar refractivity (Wildman–Crippen MR) is 82.3 cm³/mol. The number of nitriles is 1. The zero-order chi connectivity index (χ0) is 15.6. The second kappa shape index (κ2) is 5.46. The van der Waals surface area contributed by atoms with Crippen molar-refractivity contribution >= 4 is 21.4 Å². The van der Waals surface area contributed by atoms with Crippen molar-refractivity contribution in [3.05, 3.63) is 53.6 Å². The molecule has 2 N–H and O–H groups in total. The van der Waals surface area contributed by atoms with Gasteiger partial charge >= 0.3 is 0 Å². The lowest BCUT2D eigenvalue weighted by Crippen LogP contribution is -2.27. The number of para-hydroxylation sites is 1. The van der Waals surface area contributed by atoms with Gasteiger partial charge in [0.25, 0.3) is 10.0 Å². The Bertz CT molecular complexity index is 823. The van der Waals surface area contributed by atoms with Crippen LogP contribution in [0.4, 0.5) is 11.4 Å². The highest BCUT2D eigenvalue weighted by atomic mass is 32.2. The van der Waals surface area contributed by atoms with Gasteiger partial charge < -0.3 is 5.73 Å². The average Bonchev–Trinajstić information content (AvgIpc) is 2.46. The molecule has 0 unspecified atom stereocenters. The molecule has 0 aliphatic rings. The minimum absolute atomic E-state index is 0.00717. The number of benzene rings is 2. The van der Waals surface area contributed by atoms with E-state index in [1.165, 1.54) is 29.6 Å². The molecule has 0 saturated carbocycles. The van der Waals surface area contributed by atoms with E-state index in [1.54, 1.807) is 12.1 Å². The Morgan fingerprint density at radius 2 is 1.86 bits per heavy atom. The van der Waals surface area contributed by atoms with E-state index in [2.05, 4.69) is 0 Å². The van der Waals surface area contributed by atoms with Gasteiger partial charge in [-0.2, -0.15) is 5.26 Å². The Morgan fingerprint density at radius 3 is 2.43 bits per heavy atom. The molecule has 0 radical (unpaired) electrons. The summed E-state index contributed by atoms with van der Waals surface area (Å²) in [5.41, 5.74) is 7.60. The van der Waals surface area contributed by atoms with Crippen molar-refractivity contribution in [3.8, 4) is 6.07 Å². The van der Waals surface area contributed by atoms with Crippen LogP contribution in [0.25, 0.3) is 0 Å². The number of sulfonamides is 1. The summed E-state index contributed by atoms with van der Waals surface area (Å²) in [6.07, 6.45) is 0. The molecular weight excluding hydrogens is 286 g/mol. The van der Waals surface area contributed by atoms with E-state index in [0.717, 1.165) is 5.56 Å². The number of hydrogen-bond acceptors (Lipinski definition) is 4. The lowest BCUT2D eigenvalue weighted by Gasteiger charge is -2.22. The van der Waals surface area contributed by atoms with Crippen LogP contribution in [0.15, 0.2) is 47.4 Å². The van der Waals surface area contributed by atoms with Crippen molar-refractivity contribution in [1.82, 2.24) is 0 Å². The second-order valence-corrected chi connectivity index (χ2v) is 6.56. The first kappa shape index (κ1) is 14.9. The maximum Gasteiger partial charge on any atom is 0.266 e. The molecule has 2 aromatic rings. The number of rotatable bonds is 3. The van der Waals surface area contributed by atoms with E-state index < -0.39 is 10.0 Å². The van der Waals surface area contributed by atoms with Gasteiger partial charge in [0, 0.05) is 7.05 Å². The molecule has 5 nitrogen and oxygen atoms in total. The molecule has 2 aromatic carbocycles. The quantitative estimate of drug-likeness (QED) is 0.881. The first-order valence-corrected chi connectivity index (χ1v) is 7.66. The number of hydrogen-bond donors (Lipinski definition) is 1. The molecule has 0 saturated heterocycles. The van der Waals surface area contributed by atoms with Crippen molar-refractivity contribution in [2.24, 2.45) is 0 Å². The van der Waals surface area contributed by atoms with E-state index in [-0.39, 0.29) is 10.6 Å². The van der Waals surface area contributed by atoms with Crippen molar-refractivity contribution in [2.45, 2.75) is 11.8 Å². The van der Waals surface area contributed by atoms with Gasteiger partial charge in [0.15, 0.2) is 0 Å². The molecule has 0 heterocycles. The van der Waals surface area contributed by atoms with Crippen molar-refractivity contribution in [3.63, 3.8) is 0 Å². The highest BCUT2D eigenvalue weighted by Crippen LogP contribution is 2.28. The standard InChI is InChI=1S/C15H15N3O2S/c1-11-5-3-4-6-14(11)18(2)21(19,20)15-8-7-12(10-16)9-13(15)17/h3-9H,17H2,1-2H3. The summed E-state index contributed by atoms with van der Waals surface area (Å²) < 4.78 is 26.5. The summed E-state index contributed by atoms with van der Waals surface area (Å²) in [5, 5.41) is 8.81. The van der Waals surface area contributed by atoms with Crippen LogP contribution in [-0.4, -0.2) is 15.5 Å². The van der Waals surface area contributed by atoms with Gasteiger partial charge in [0.2, 0.25) is 0 Å². The van der Waals surface area contributed by atoms with Crippen LogP contribution in [0, 0.1) is 18.3 Å². The SMILES string of the molecule is Cc1ccccc1N(C)S(=O)(=O)c1ccc(C#N)cc1N. The van der Waals surface area contributed by atoms with Crippen LogP contribution >= 0.6 is 0 Å². The zero-order valence-corrected chi connectivity index (χ0v) is 12.6. The average molecular weight is 301 g/mol. The van der Waals surface area contributed by atoms with Gasteiger partial charge in [0.05, 0.1) is 23.0 Å². The third-order valence-electron chi connectivity index (χ3n) is 3.23. The number of nitrogens with two attached hydrogens (primary N) is 1. The first-order chi connectivity index (χ1) is 9.87. The van der Waals surface area contributed by atoms with Crippen LogP contribution < -0.4 is 10.0 Å². The fourth-order valence-corrected chi connectivity index (χ4v) is 3.40. The highest BCUT2D eigenvalue weighted by Gasteiger charge is 2.24. The van der Waals surface area contributed by atoms with Gasteiger partial charge in [-0.3, -0.25) is 4.31 Å². The minimum atomic E-state index is -3.77. The van der Waals surface area contributed by atoms with Crippen LogP contribution in [0.3, 0.4) is 0 Å². The van der Waals surface area contributed by atoms with Crippen molar-refractivity contribution in [2.75, 3.05) is 17.1 Å². The zero-order valence-electron chi connectivity index (χ0n) is 11.7. The molecule has 0 aromatic heterocycles. The number of nitrogen functional groups attached to an aromatic ring is 1. The maximum absolute atomic E-state index is 12.7. The summed E-state index contributed by atoms with van der Waals surface area (Å²) in [6, 6.07) is 13.3. The van der Waals surface area contributed by atoms with Gasteiger partial charge in [0.1, 0.15) is 4.90 Å². The predicted octanol–water partition coefficient (Wildman–Crippen LogP) is 2.27. The number of anilines is 2. The summed E-state index contributed by atoms with van der Waals surface area (Å²) in [7, 11) is -2.29. The van der Waals surface area contributed by atoms with Crippen LogP contribution in [0.2, 0.25) is 0 Å². The van der Waals surface area contributed by atoms with Gasteiger partial charge in [-0.25, -0.2) is 8.42 Å². The molecule has 0 fully saturated rings. The lowest BCUT2D eigenvalue weighted by atomic mass is 10.2. The van der Waals surface area contributed by atoms with E-state index in [4.69, 9.17) is 11.0 Å².